The Bertz CT molecular complexity index is 1810. The van der Waals surface area contributed by atoms with Crippen LogP contribution in [0.15, 0.2) is 71.8 Å². The van der Waals surface area contributed by atoms with Crippen molar-refractivity contribution < 1.29 is 19.1 Å². The van der Waals surface area contributed by atoms with E-state index in [1.54, 1.807) is 19.1 Å². The molecule has 0 amide bonds. The predicted molar refractivity (Wildman–Crippen MR) is 332 cm³/mol. The minimum atomic E-state index is 0.985. The van der Waals surface area contributed by atoms with Crippen molar-refractivity contribution in [3.05, 3.63) is 111 Å². The van der Waals surface area contributed by atoms with Crippen LogP contribution in [0.25, 0.3) is 41.2 Å². The van der Waals surface area contributed by atoms with Gasteiger partial charge in [-0.15, -0.1) is 0 Å². The van der Waals surface area contributed by atoms with Crippen LogP contribution in [0.4, 0.5) is 0 Å². The Morgan fingerprint density at radius 1 is 0.324 bits per heavy atom. The van der Waals surface area contributed by atoms with Gasteiger partial charge in [-0.2, -0.15) is 0 Å². The van der Waals surface area contributed by atoms with Gasteiger partial charge in [0, 0.05) is 22.3 Å². The topological polar surface area (TPSA) is 25.3 Å². The number of hydrogen-bond acceptors (Lipinski definition) is 0. The van der Waals surface area contributed by atoms with Crippen LogP contribution in [-0.4, -0.2) is 4.70 Å². The van der Waals surface area contributed by atoms with E-state index in [9.17, 15) is 5.53 Å². The molecule has 1 aliphatic rings. The molecule has 1 heterocycles. The third-order valence-corrected chi connectivity index (χ3v) is 14.8. The van der Waals surface area contributed by atoms with Crippen molar-refractivity contribution in [3.63, 3.8) is 0 Å². The summed E-state index contributed by atoms with van der Waals surface area (Å²) in [6, 6.07) is 14.3. The summed E-state index contributed by atoms with van der Waals surface area (Å²) in [6.45, 7) is 13.8. The summed E-state index contributed by atoms with van der Waals surface area (Å²) in [5, 5.41) is 0. The van der Waals surface area contributed by atoms with E-state index in [2.05, 4.69) is 138 Å². The van der Waals surface area contributed by atoms with Crippen molar-refractivity contribution in [1.29, 1.82) is 0 Å². The second kappa shape index (κ2) is 47.2. The van der Waals surface area contributed by atoms with Crippen LogP contribution < -0.4 is 0 Å². The van der Waals surface area contributed by atoms with E-state index in [0.29, 0.717) is 0 Å². The Balaban J connectivity index is 0.00000609. The Morgan fingerprint density at radius 2 is 0.541 bits per heavy atom. The molecule has 2 nitrogen and oxygen atoms in total. The third kappa shape index (κ3) is 30.6. The van der Waals surface area contributed by atoms with Gasteiger partial charge in [0.15, 0.2) is 0 Å². The maximum atomic E-state index is 13.1. The van der Waals surface area contributed by atoms with Crippen LogP contribution in [0.3, 0.4) is 0 Å². The van der Waals surface area contributed by atoms with E-state index >= 15 is 0 Å². The molecular weight excluding hydrogens is 939 g/mol. The van der Waals surface area contributed by atoms with Crippen molar-refractivity contribution >= 4 is 35.7 Å². The zero-order chi connectivity index (χ0) is 53.5. The number of nitrogens with zero attached hydrogens (tertiary/aromatic N) is 2. The van der Waals surface area contributed by atoms with E-state index in [4.69, 9.17) is 0 Å². The van der Waals surface area contributed by atoms with Gasteiger partial charge in [0.2, 0.25) is 11.4 Å². The molecule has 1 aliphatic heterocycles. The van der Waals surface area contributed by atoms with E-state index in [-0.39, 0.29) is 0 Å². The van der Waals surface area contributed by atoms with Gasteiger partial charge in [0.25, 0.3) is 0 Å². The van der Waals surface area contributed by atoms with Crippen molar-refractivity contribution in [2.24, 2.45) is 0 Å². The van der Waals surface area contributed by atoms with Gasteiger partial charge in [-0.1, -0.05) is 264 Å². The first kappa shape index (κ1) is 67.1. The predicted octanol–water partition coefficient (Wildman–Crippen LogP) is 25.4. The number of unbranched alkanes of at least 4 members (excludes halogenated alkanes) is 31. The summed E-state index contributed by atoms with van der Waals surface area (Å²) >= 11 is 1.62. The Labute approximate surface area is 466 Å². The summed E-state index contributed by atoms with van der Waals surface area (Å²) < 4.78 is 1.67. The van der Waals surface area contributed by atoms with Crippen LogP contribution in [0.5, 0.6) is 0 Å². The Kier molecular flexibility index (Phi) is 42.8. The first-order valence-electron chi connectivity index (χ1n) is 31.6. The van der Waals surface area contributed by atoms with Gasteiger partial charge in [-0.25, -0.2) is 4.70 Å². The third-order valence-electron chi connectivity index (χ3n) is 14.8. The molecule has 2 aromatic carbocycles. The molecular formula is C71H116N2Ni. The molecule has 0 saturated heterocycles. The molecule has 0 aliphatic carbocycles. The van der Waals surface area contributed by atoms with Crippen LogP contribution in [0, 0.1) is 0 Å². The Hall–Kier alpha value is -3.03. The standard InChI is InChI=1S/C69H110N2.2CH3.Ni/c1-7-13-19-24-29-33-37-43-48-60-54-61(49-44-38-34-30-25-20-14-8-2)57-64(56-60)68-66(52-42-18-12-6)67(53-47-41-28-23-17-11-5)69(71(68)70)65-58-62(50-45-39-35-31-26-21-15-9-3)55-63(59-65)51-46-40-36-32-27-22-16-10-4;;;/h43-46,48-51,54-59H,7-42,47,52-53H2,1-6H3;2*1H3;. The van der Waals surface area contributed by atoms with Crippen LogP contribution in [-0.2, 0) is 14.4 Å². The number of rotatable bonds is 45. The Morgan fingerprint density at radius 3 is 0.811 bits per heavy atom. The number of hydrogen-bond donors (Lipinski definition) is 0. The van der Waals surface area contributed by atoms with Gasteiger partial charge < -0.3 is 5.53 Å². The van der Waals surface area contributed by atoms with Crippen LogP contribution >= 0.6 is 0 Å². The molecule has 0 aromatic heterocycles. The average molecular weight is 1060 g/mol. The monoisotopic (exact) mass is 1050 g/mol. The summed E-state index contributed by atoms with van der Waals surface area (Å²) in [5.74, 6) is 4.12. The zero-order valence-corrected chi connectivity index (χ0v) is 50.9. The maximum absolute atomic E-state index is 13.1. The van der Waals surface area contributed by atoms with E-state index in [1.165, 1.54) is 232 Å². The molecule has 0 atom stereocenters. The molecule has 2 aromatic rings. The molecule has 0 saturated carbocycles. The fourth-order valence-corrected chi connectivity index (χ4v) is 10.5. The second-order valence-electron chi connectivity index (χ2n) is 21.9. The molecule has 74 heavy (non-hydrogen) atoms. The summed E-state index contributed by atoms with van der Waals surface area (Å²) in [7, 11) is 0. The molecule has 0 N–H and O–H groups in total. The van der Waals surface area contributed by atoms with Crippen molar-refractivity contribution in [3.8, 4) is 0 Å². The molecule has 3 heteroatoms. The SMILES string of the molecule is CCCCCCCCC=Cc1cc(C=CCCCCCCCC)cc(C2=C(CCCCC)C(CCCCCCCC)=C(c3cc(C=CCCCCCCCC)cc(C=CCCCCCCCC)c3)[N+]2=[N-])c1.[CH3][Ni][CH3]. The number of allylic oxidation sites excluding steroid dienone is 6. The molecule has 0 radical (unpaired) electrons. The zero-order valence-electron chi connectivity index (χ0n) is 49.9. The molecule has 0 bridgehead atoms. The van der Waals surface area contributed by atoms with E-state index in [1.807, 2.05) is 0 Å². The van der Waals surface area contributed by atoms with Gasteiger partial charge in [-0.3, -0.25) is 0 Å². The van der Waals surface area contributed by atoms with Gasteiger partial charge in [-0.05, 0) is 136 Å². The number of benzene rings is 2. The first-order valence-corrected chi connectivity index (χ1v) is 33.5. The summed E-state index contributed by atoms with van der Waals surface area (Å²) in [5.41, 5.74) is 25.1. The summed E-state index contributed by atoms with van der Waals surface area (Å²) in [4.78, 5) is 0. The molecule has 0 fully saturated rings. The normalized spacial score (nSPS) is 13.2. The van der Waals surface area contributed by atoms with Gasteiger partial charge in [0.1, 0.15) is 0 Å². The average Bonchev–Trinajstić information content (AvgIpc) is 3.68. The fourth-order valence-electron chi connectivity index (χ4n) is 10.5. The van der Waals surface area contributed by atoms with Crippen molar-refractivity contribution in [2.45, 2.75) is 304 Å². The molecule has 3 rings (SSSR count). The molecule has 0 spiro atoms. The second-order valence-corrected chi connectivity index (χ2v) is 22.9. The van der Waals surface area contributed by atoms with Gasteiger partial charge >= 0.3 is 26.2 Å². The summed E-state index contributed by atoms with van der Waals surface area (Å²) in [6.07, 6.45) is 68.3. The van der Waals surface area contributed by atoms with E-state index in [0.717, 1.165) is 73.9 Å². The quantitative estimate of drug-likeness (QED) is 0.0359. The van der Waals surface area contributed by atoms with Crippen LogP contribution in [0.1, 0.15) is 325 Å². The van der Waals surface area contributed by atoms with E-state index < -0.39 is 0 Å². The first-order chi connectivity index (χ1) is 36.4. The van der Waals surface area contributed by atoms with Crippen molar-refractivity contribution in [1.82, 2.24) is 0 Å². The van der Waals surface area contributed by atoms with Crippen LogP contribution in [0.2, 0.25) is 11.8 Å². The van der Waals surface area contributed by atoms with Crippen molar-refractivity contribution in [2.75, 3.05) is 0 Å². The fraction of sp³-hybridized carbons (Fsp3) is 0.662. The molecule has 0 unspecified atom stereocenters. The molecule has 420 valence electrons. The van der Waals surface area contributed by atoms with Gasteiger partial charge in [0.05, 0.1) is 0 Å². The minimum absolute atomic E-state index is 0.985.